The summed E-state index contributed by atoms with van der Waals surface area (Å²) in [6, 6.07) is 13.8. The molecule has 0 atom stereocenters. The van der Waals surface area contributed by atoms with Crippen molar-refractivity contribution in [3.05, 3.63) is 65.5 Å². The van der Waals surface area contributed by atoms with E-state index in [1.807, 2.05) is 30.1 Å². The summed E-state index contributed by atoms with van der Waals surface area (Å²) in [4.78, 5) is 12.9. The number of nitrogens with zero attached hydrogens (tertiary/aromatic N) is 1. The fraction of sp³-hybridized carbons (Fsp3) is 0.133. The van der Waals surface area contributed by atoms with Gasteiger partial charge in [-0.2, -0.15) is 0 Å². The van der Waals surface area contributed by atoms with Gasteiger partial charge in [-0.3, -0.25) is 4.79 Å². The van der Waals surface area contributed by atoms with Crippen LogP contribution in [0.25, 0.3) is 0 Å². The summed E-state index contributed by atoms with van der Waals surface area (Å²) in [5, 5.41) is 0. The Kier molecular flexibility index (Phi) is 3.72. The van der Waals surface area contributed by atoms with Gasteiger partial charge in [0.1, 0.15) is 5.82 Å². The minimum atomic E-state index is -0.241. The average molecular weight is 243 g/mol. The smallest absolute Gasteiger partial charge is 0.152 e. The lowest BCUT2D eigenvalue weighted by atomic mass is 10.1. The van der Waals surface area contributed by atoms with E-state index >= 15 is 0 Å². The zero-order valence-corrected chi connectivity index (χ0v) is 10.1. The summed E-state index contributed by atoms with van der Waals surface area (Å²) in [6.45, 7) is 0.630. The van der Waals surface area contributed by atoms with Gasteiger partial charge in [0.25, 0.3) is 0 Å². The highest BCUT2D eigenvalue weighted by Gasteiger charge is 2.06. The molecule has 0 aromatic heterocycles. The highest BCUT2D eigenvalue weighted by molar-refractivity contribution is 5.84. The fourth-order valence-electron chi connectivity index (χ4n) is 1.88. The Morgan fingerprint density at radius 2 is 1.78 bits per heavy atom. The Morgan fingerprint density at radius 1 is 1.11 bits per heavy atom. The second-order valence-electron chi connectivity index (χ2n) is 4.16. The average Bonchev–Trinajstić information content (AvgIpc) is 2.41. The molecule has 0 heterocycles. The molecule has 0 aliphatic rings. The van der Waals surface area contributed by atoms with Crippen LogP contribution in [0, 0.1) is 5.82 Å². The minimum absolute atomic E-state index is 0.241. The van der Waals surface area contributed by atoms with E-state index in [0.717, 1.165) is 17.5 Å². The molecular weight excluding hydrogens is 229 g/mol. The molecule has 0 spiro atoms. The van der Waals surface area contributed by atoms with E-state index < -0.39 is 0 Å². The Hall–Kier alpha value is -2.16. The van der Waals surface area contributed by atoms with Crippen molar-refractivity contribution in [2.24, 2.45) is 0 Å². The number of halogens is 1. The second-order valence-corrected chi connectivity index (χ2v) is 4.16. The Bertz CT molecular complexity index is 536. The third-order valence-corrected chi connectivity index (χ3v) is 2.81. The molecule has 0 fully saturated rings. The molecule has 0 saturated heterocycles. The van der Waals surface area contributed by atoms with Gasteiger partial charge < -0.3 is 4.90 Å². The van der Waals surface area contributed by atoms with Crippen LogP contribution in [-0.2, 0) is 6.54 Å². The number of carbonyl (C=O) groups is 1. The highest BCUT2D eigenvalue weighted by atomic mass is 19.1. The number of carbonyl (C=O) groups excluding carboxylic acids is 1. The Balaban J connectivity index is 2.19. The molecule has 0 unspecified atom stereocenters. The molecule has 0 radical (unpaired) electrons. The zero-order chi connectivity index (χ0) is 13.0. The number of rotatable bonds is 4. The van der Waals surface area contributed by atoms with Crippen LogP contribution in [-0.4, -0.2) is 13.3 Å². The Labute approximate surface area is 106 Å². The number of benzene rings is 2. The van der Waals surface area contributed by atoms with Gasteiger partial charge in [-0.25, -0.2) is 4.39 Å². The summed E-state index contributed by atoms with van der Waals surface area (Å²) in [7, 11) is 1.91. The molecule has 2 nitrogen and oxygen atoms in total. The summed E-state index contributed by atoms with van der Waals surface area (Å²) in [5.74, 6) is -0.241. The molecule has 18 heavy (non-hydrogen) atoms. The van der Waals surface area contributed by atoms with E-state index in [-0.39, 0.29) is 5.82 Å². The van der Waals surface area contributed by atoms with E-state index in [0.29, 0.717) is 12.1 Å². The molecule has 0 saturated carbocycles. The minimum Gasteiger partial charge on any atom is -0.370 e. The van der Waals surface area contributed by atoms with Crippen molar-refractivity contribution in [3.63, 3.8) is 0 Å². The molecule has 2 aromatic carbocycles. The quantitative estimate of drug-likeness (QED) is 0.768. The first-order chi connectivity index (χ1) is 8.70. The highest BCUT2D eigenvalue weighted by Crippen LogP contribution is 2.19. The molecule has 3 heteroatoms. The maximum Gasteiger partial charge on any atom is 0.152 e. The van der Waals surface area contributed by atoms with Gasteiger partial charge in [-0.05, 0) is 29.8 Å². The molecule has 92 valence electrons. The van der Waals surface area contributed by atoms with Gasteiger partial charge in [0.05, 0.1) is 0 Å². The number of hydrogen-bond donors (Lipinski definition) is 0. The van der Waals surface area contributed by atoms with E-state index in [1.165, 1.54) is 12.1 Å². The van der Waals surface area contributed by atoms with E-state index in [9.17, 15) is 9.18 Å². The molecule has 0 amide bonds. The largest absolute Gasteiger partial charge is 0.370 e. The van der Waals surface area contributed by atoms with Gasteiger partial charge in [0, 0.05) is 24.8 Å². The van der Waals surface area contributed by atoms with Crippen LogP contribution >= 0.6 is 0 Å². The van der Waals surface area contributed by atoms with Crippen molar-refractivity contribution in [2.75, 3.05) is 11.9 Å². The second kappa shape index (κ2) is 5.45. The summed E-state index contributed by atoms with van der Waals surface area (Å²) in [5.41, 5.74) is 2.53. The number of aldehydes is 1. The SMILES string of the molecule is CN(Cc1ccc(F)cc1)c1ccccc1C=O. The molecule has 0 N–H and O–H groups in total. The van der Waals surface area contributed by atoms with Gasteiger partial charge in [-0.15, -0.1) is 0 Å². The van der Waals surface area contributed by atoms with Crippen LogP contribution < -0.4 is 4.90 Å². The van der Waals surface area contributed by atoms with Crippen LogP contribution in [0.15, 0.2) is 48.5 Å². The third kappa shape index (κ3) is 2.74. The number of anilines is 1. The number of hydrogen-bond acceptors (Lipinski definition) is 2. The number of para-hydroxylation sites is 1. The first-order valence-electron chi connectivity index (χ1n) is 5.70. The topological polar surface area (TPSA) is 20.3 Å². The Morgan fingerprint density at radius 3 is 2.44 bits per heavy atom. The van der Waals surface area contributed by atoms with Crippen LogP contribution in [0.2, 0.25) is 0 Å². The normalized spacial score (nSPS) is 10.1. The lowest BCUT2D eigenvalue weighted by Gasteiger charge is -2.20. The van der Waals surface area contributed by atoms with Gasteiger partial charge in [-0.1, -0.05) is 24.3 Å². The zero-order valence-electron chi connectivity index (χ0n) is 10.1. The third-order valence-electron chi connectivity index (χ3n) is 2.81. The molecule has 2 aromatic rings. The van der Waals surface area contributed by atoms with Crippen LogP contribution in [0.1, 0.15) is 15.9 Å². The maximum absolute atomic E-state index is 12.8. The molecule has 0 aliphatic carbocycles. The fourth-order valence-corrected chi connectivity index (χ4v) is 1.88. The molecular formula is C15H14FNO. The van der Waals surface area contributed by atoms with E-state index in [4.69, 9.17) is 0 Å². The first-order valence-corrected chi connectivity index (χ1v) is 5.70. The molecule has 0 bridgehead atoms. The van der Waals surface area contributed by atoms with E-state index in [1.54, 1.807) is 18.2 Å². The first kappa shape index (κ1) is 12.3. The summed E-state index contributed by atoms with van der Waals surface area (Å²) >= 11 is 0. The van der Waals surface area contributed by atoms with Crippen LogP contribution in [0.3, 0.4) is 0 Å². The predicted octanol–water partition coefficient (Wildman–Crippen LogP) is 3.27. The predicted molar refractivity (Wildman–Crippen MR) is 70.3 cm³/mol. The van der Waals surface area contributed by atoms with Crippen molar-refractivity contribution in [1.29, 1.82) is 0 Å². The van der Waals surface area contributed by atoms with Crippen LogP contribution in [0.5, 0.6) is 0 Å². The van der Waals surface area contributed by atoms with Gasteiger partial charge >= 0.3 is 0 Å². The maximum atomic E-state index is 12.8. The summed E-state index contributed by atoms with van der Waals surface area (Å²) < 4.78 is 12.8. The van der Waals surface area contributed by atoms with Crippen molar-refractivity contribution >= 4 is 12.0 Å². The lowest BCUT2D eigenvalue weighted by molar-refractivity contribution is 0.112. The molecule has 0 aliphatic heterocycles. The van der Waals surface area contributed by atoms with Gasteiger partial charge in [0.15, 0.2) is 6.29 Å². The van der Waals surface area contributed by atoms with Crippen molar-refractivity contribution in [3.8, 4) is 0 Å². The van der Waals surface area contributed by atoms with Crippen molar-refractivity contribution < 1.29 is 9.18 Å². The van der Waals surface area contributed by atoms with Crippen LogP contribution in [0.4, 0.5) is 10.1 Å². The molecule has 2 rings (SSSR count). The van der Waals surface area contributed by atoms with Crippen molar-refractivity contribution in [1.82, 2.24) is 0 Å². The monoisotopic (exact) mass is 243 g/mol. The lowest BCUT2D eigenvalue weighted by Crippen LogP contribution is -2.17. The summed E-state index contributed by atoms with van der Waals surface area (Å²) in [6.07, 6.45) is 0.844. The van der Waals surface area contributed by atoms with Crippen molar-refractivity contribution in [2.45, 2.75) is 6.54 Å². The van der Waals surface area contributed by atoms with E-state index in [2.05, 4.69) is 0 Å². The van der Waals surface area contributed by atoms with Gasteiger partial charge in [0.2, 0.25) is 0 Å². The standard InChI is InChI=1S/C15H14FNO/c1-17(10-12-6-8-14(16)9-7-12)15-5-3-2-4-13(15)11-18/h2-9,11H,10H2,1H3.